The molecule has 5 aromatic heterocycles. The van der Waals surface area contributed by atoms with Crippen molar-refractivity contribution in [1.29, 1.82) is 0 Å². The van der Waals surface area contributed by atoms with Crippen molar-refractivity contribution in [3.63, 3.8) is 0 Å². The summed E-state index contributed by atoms with van der Waals surface area (Å²) < 4.78 is 9.95. The smallest absolute Gasteiger partial charge is 0.266 e. The van der Waals surface area contributed by atoms with E-state index < -0.39 is 0 Å². The van der Waals surface area contributed by atoms with Gasteiger partial charge in [0.15, 0.2) is 0 Å². The van der Waals surface area contributed by atoms with Crippen molar-refractivity contribution in [3.05, 3.63) is 126 Å². The van der Waals surface area contributed by atoms with Crippen LogP contribution < -0.4 is 5.56 Å². The highest BCUT2D eigenvalue weighted by Crippen LogP contribution is 2.37. The molecular formula is C34H19N5O2. The Morgan fingerprint density at radius 2 is 1.34 bits per heavy atom. The number of hydrogen-bond donors (Lipinski definition) is 0. The number of aromatic nitrogens is 5. The van der Waals surface area contributed by atoms with E-state index in [9.17, 15) is 4.79 Å². The molecule has 0 aliphatic carbocycles. The van der Waals surface area contributed by atoms with Gasteiger partial charge in [0.1, 0.15) is 22.2 Å². The first kappa shape index (κ1) is 22.0. The molecule has 0 saturated carbocycles. The van der Waals surface area contributed by atoms with Gasteiger partial charge in [0.25, 0.3) is 5.56 Å². The zero-order valence-corrected chi connectivity index (χ0v) is 21.5. The van der Waals surface area contributed by atoms with Gasteiger partial charge in [-0.15, -0.1) is 0 Å². The molecule has 0 aliphatic heterocycles. The molecule has 0 bridgehead atoms. The van der Waals surface area contributed by atoms with Gasteiger partial charge >= 0.3 is 0 Å². The number of nitrogens with zero attached hydrogens (tertiary/aromatic N) is 5. The fraction of sp³-hybridized carbons (Fsp3) is 0. The van der Waals surface area contributed by atoms with Gasteiger partial charge < -0.3 is 4.42 Å². The molecule has 0 saturated heterocycles. The average Bonchev–Trinajstić information content (AvgIpc) is 3.55. The van der Waals surface area contributed by atoms with E-state index in [0.29, 0.717) is 27.9 Å². The van der Waals surface area contributed by atoms with Crippen LogP contribution in [0.3, 0.4) is 0 Å². The number of pyridine rings is 2. The van der Waals surface area contributed by atoms with E-state index in [2.05, 4.69) is 35.3 Å². The van der Waals surface area contributed by atoms with Crippen molar-refractivity contribution in [3.8, 4) is 11.6 Å². The molecule has 9 rings (SSSR count). The largest absolute Gasteiger partial charge is 0.456 e. The van der Waals surface area contributed by atoms with Crippen molar-refractivity contribution >= 4 is 65.7 Å². The first-order chi connectivity index (χ1) is 20.3. The quantitative estimate of drug-likeness (QED) is 0.219. The lowest BCUT2D eigenvalue weighted by Gasteiger charge is -2.13. The van der Waals surface area contributed by atoms with Crippen molar-refractivity contribution in [1.82, 2.24) is 24.1 Å². The summed E-state index contributed by atoms with van der Waals surface area (Å²) in [6.45, 7) is 0. The second-order valence-corrected chi connectivity index (χ2v) is 10.1. The van der Waals surface area contributed by atoms with E-state index in [0.717, 1.165) is 49.4 Å². The van der Waals surface area contributed by atoms with Gasteiger partial charge in [0, 0.05) is 45.7 Å². The SMILES string of the molecule is O=c1c2cnc(-n3c4ccccc4c4cc5c(cc43)oc3ccccc35)nc2c2ncccc2n1-c1ccccc1. The van der Waals surface area contributed by atoms with Crippen LogP contribution in [-0.4, -0.2) is 24.1 Å². The number of benzene rings is 4. The second kappa shape index (κ2) is 8.09. The third kappa shape index (κ3) is 3.02. The Balaban J connectivity index is 1.39. The van der Waals surface area contributed by atoms with Crippen LogP contribution in [0.15, 0.2) is 125 Å². The van der Waals surface area contributed by atoms with Crippen molar-refractivity contribution in [2.24, 2.45) is 0 Å². The predicted molar refractivity (Wildman–Crippen MR) is 162 cm³/mol. The number of rotatable bonds is 2. The van der Waals surface area contributed by atoms with Crippen LogP contribution in [0.25, 0.3) is 77.3 Å². The first-order valence-corrected chi connectivity index (χ1v) is 13.3. The molecule has 7 nitrogen and oxygen atoms in total. The van der Waals surface area contributed by atoms with Crippen LogP contribution in [0.4, 0.5) is 0 Å². The summed E-state index contributed by atoms with van der Waals surface area (Å²) in [7, 11) is 0. The predicted octanol–water partition coefficient (Wildman–Crippen LogP) is 7.33. The Kier molecular flexibility index (Phi) is 4.35. The van der Waals surface area contributed by atoms with Crippen LogP contribution in [0.5, 0.6) is 0 Å². The molecule has 41 heavy (non-hydrogen) atoms. The summed E-state index contributed by atoms with van der Waals surface area (Å²) in [5.74, 6) is 0.461. The molecule has 0 fully saturated rings. The van der Waals surface area contributed by atoms with E-state index in [-0.39, 0.29) is 5.56 Å². The van der Waals surface area contributed by atoms with Gasteiger partial charge in [-0.05, 0) is 42.5 Å². The molecule has 0 radical (unpaired) electrons. The van der Waals surface area contributed by atoms with Gasteiger partial charge in [-0.3, -0.25) is 18.9 Å². The number of fused-ring (bicyclic) bond motifs is 9. The van der Waals surface area contributed by atoms with Crippen LogP contribution >= 0.6 is 0 Å². The van der Waals surface area contributed by atoms with Crippen molar-refractivity contribution in [2.75, 3.05) is 0 Å². The normalized spacial score (nSPS) is 12.0. The lowest BCUT2D eigenvalue weighted by Crippen LogP contribution is -2.20. The van der Waals surface area contributed by atoms with E-state index in [1.54, 1.807) is 17.0 Å². The summed E-state index contributed by atoms with van der Waals surface area (Å²) in [5.41, 5.74) is 5.94. The zero-order chi connectivity index (χ0) is 27.1. The minimum Gasteiger partial charge on any atom is -0.456 e. The van der Waals surface area contributed by atoms with Gasteiger partial charge in [0.2, 0.25) is 5.95 Å². The van der Waals surface area contributed by atoms with E-state index in [4.69, 9.17) is 14.4 Å². The Bertz CT molecular complexity index is 2560. The molecular weight excluding hydrogens is 510 g/mol. The minimum atomic E-state index is -0.190. The number of hydrogen-bond acceptors (Lipinski definition) is 5. The molecule has 0 unspecified atom stereocenters. The number of para-hydroxylation sites is 3. The van der Waals surface area contributed by atoms with Crippen LogP contribution in [0.1, 0.15) is 0 Å². The molecule has 0 N–H and O–H groups in total. The minimum absolute atomic E-state index is 0.190. The zero-order valence-electron chi connectivity index (χ0n) is 21.5. The molecule has 0 aliphatic rings. The molecule has 0 amide bonds. The highest BCUT2D eigenvalue weighted by molar-refractivity contribution is 6.17. The van der Waals surface area contributed by atoms with Gasteiger partial charge in [0.05, 0.1) is 21.9 Å². The van der Waals surface area contributed by atoms with Crippen molar-refractivity contribution < 1.29 is 4.42 Å². The number of furan rings is 1. The van der Waals surface area contributed by atoms with Crippen LogP contribution in [-0.2, 0) is 0 Å². The van der Waals surface area contributed by atoms with E-state index in [1.807, 2.05) is 77.4 Å². The maximum absolute atomic E-state index is 13.8. The topological polar surface area (TPSA) is 78.7 Å². The molecule has 4 aromatic carbocycles. The van der Waals surface area contributed by atoms with Crippen LogP contribution in [0.2, 0.25) is 0 Å². The molecule has 0 atom stereocenters. The molecule has 5 heterocycles. The Labute approximate surface area is 231 Å². The standard InChI is InChI=1S/C34H19N5O2/c40-33-25-19-36-34(37-31(25)32-27(14-8-16-35-32)38(33)20-9-2-1-3-10-20)39-26-13-6-4-11-21(26)23-17-24-22-12-5-7-15-29(22)41-30(24)18-28(23)39/h1-19H. The second-order valence-electron chi connectivity index (χ2n) is 10.1. The first-order valence-electron chi connectivity index (χ1n) is 13.3. The molecule has 0 spiro atoms. The third-order valence-electron chi connectivity index (χ3n) is 7.85. The van der Waals surface area contributed by atoms with Gasteiger partial charge in [-0.1, -0.05) is 54.6 Å². The van der Waals surface area contributed by atoms with E-state index in [1.165, 1.54) is 0 Å². The highest BCUT2D eigenvalue weighted by atomic mass is 16.3. The molecule has 7 heteroatoms. The van der Waals surface area contributed by atoms with E-state index >= 15 is 0 Å². The van der Waals surface area contributed by atoms with Gasteiger partial charge in [-0.2, -0.15) is 0 Å². The summed E-state index contributed by atoms with van der Waals surface area (Å²) in [6, 6.07) is 33.8. The Hall–Kier alpha value is -5.82. The highest BCUT2D eigenvalue weighted by Gasteiger charge is 2.20. The maximum atomic E-state index is 13.8. The summed E-state index contributed by atoms with van der Waals surface area (Å²) in [6.07, 6.45) is 3.34. The maximum Gasteiger partial charge on any atom is 0.266 e. The third-order valence-corrected chi connectivity index (χ3v) is 7.85. The molecule has 192 valence electrons. The summed E-state index contributed by atoms with van der Waals surface area (Å²) in [5, 5.41) is 4.71. The Morgan fingerprint density at radius 1 is 0.561 bits per heavy atom. The summed E-state index contributed by atoms with van der Waals surface area (Å²) in [4.78, 5) is 28.3. The van der Waals surface area contributed by atoms with Crippen molar-refractivity contribution in [2.45, 2.75) is 0 Å². The average molecular weight is 530 g/mol. The Morgan fingerprint density at radius 3 is 2.24 bits per heavy atom. The van der Waals surface area contributed by atoms with Crippen LogP contribution in [0, 0.1) is 0 Å². The van der Waals surface area contributed by atoms with Gasteiger partial charge in [-0.25, -0.2) is 9.97 Å². The summed E-state index contributed by atoms with van der Waals surface area (Å²) >= 11 is 0. The monoisotopic (exact) mass is 529 g/mol. The fourth-order valence-electron chi connectivity index (χ4n) is 6.04. The lowest BCUT2D eigenvalue weighted by molar-refractivity contribution is 0.669. The lowest BCUT2D eigenvalue weighted by atomic mass is 10.1. The molecule has 9 aromatic rings. The fourth-order valence-corrected chi connectivity index (χ4v) is 6.04.